The number of nitrogens with one attached hydrogen (secondary N) is 2. The van der Waals surface area contributed by atoms with Gasteiger partial charge in [0.1, 0.15) is 0 Å². The molecule has 5 heteroatoms. The Bertz CT molecular complexity index is 453. The van der Waals surface area contributed by atoms with Gasteiger partial charge >= 0.3 is 0 Å². The summed E-state index contributed by atoms with van der Waals surface area (Å²) in [5, 5.41) is 6.38. The number of ether oxygens (including phenoxy) is 1. The number of amides is 1. The Balaban J connectivity index is 1.93. The Morgan fingerprint density at radius 2 is 2.15 bits per heavy atom. The second-order valence-electron chi connectivity index (χ2n) is 5.61. The van der Waals surface area contributed by atoms with E-state index in [1.54, 1.807) is 0 Å². The van der Waals surface area contributed by atoms with E-state index >= 15 is 0 Å². The molecule has 0 aromatic heterocycles. The number of hydrogen-bond donors (Lipinski definition) is 2. The number of carbonyl (C=O) groups excluding carboxylic acids is 1. The van der Waals surface area contributed by atoms with Crippen LogP contribution in [0, 0.1) is 0 Å². The van der Waals surface area contributed by atoms with Crippen molar-refractivity contribution in [1.29, 1.82) is 0 Å². The number of benzene rings is 1. The molecule has 1 aliphatic heterocycles. The molecule has 20 heavy (non-hydrogen) atoms. The summed E-state index contributed by atoms with van der Waals surface area (Å²) in [6.45, 7) is 6.17. The van der Waals surface area contributed by atoms with E-state index in [2.05, 4.69) is 26.6 Å². The van der Waals surface area contributed by atoms with Crippen LogP contribution < -0.4 is 10.6 Å². The van der Waals surface area contributed by atoms with Crippen molar-refractivity contribution in [2.75, 3.05) is 19.8 Å². The van der Waals surface area contributed by atoms with Gasteiger partial charge in [-0.3, -0.25) is 4.79 Å². The Hall–Kier alpha value is -0.910. The van der Waals surface area contributed by atoms with Crippen molar-refractivity contribution < 1.29 is 9.53 Å². The molecule has 0 saturated carbocycles. The van der Waals surface area contributed by atoms with E-state index in [0.29, 0.717) is 13.0 Å². The third-order valence-corrected chi connectivity index (χ3v) is 3.98. The Labute approximate surface area is 128 Å². The van der Waals surface area contributed by atoms with Crippen LogP contribution in [-0.4, -0.2) is 31.7 Å². The quantitative estimate of drug-likeness (QED) is 0.883. The average Bonchev–Trinajstić information content (AvgIpc) is 2.39. The molecule has 1 saturated heterocycles. The normalized spacial score (nSPS) is 19.6. The molecular weight excluding hydrogens is 320 g/mol. The van der Waals surface area contributed by atoms with Crippen LogP contribution in [0.1, 0.15) is 25.8 Å². The van der Waals surface area contributed by atoms with Gasteiger partial charge in [0.15, 0.2) is 0 Å². The molecule has 0 aliphatic carbocycles. The zero-order valence-electron chi connectivity index (χ0n) is 11.9. The van der Waals surface area contributed by atoms with Crippen molar-refractivity contribution in [2.45, 2.75) is 31.8 Å². The Morgan fingerprint density at radius 3 is 2.75 bits per heavy atom. The maximum atomic E-state index is 12.2. The van der Waals surface area contributed by atoms with E-state index in [-0.39, 0.29) is 17.5 Å². The molecular formula is C15H21BrN2O2. The molecule has 1 aromatic rings. The molecule has 1 heterocycles. The molecule has 4 nitrogen and oxygen atoms in total. The summed E-state index contributed by atoms with van der Waals surface area (Å²) in [7, 11) is 0. The van der Waals surface area contributed by atoms with Crippen LogP contribution in [0.4, 0.5) is 0 Å². The van der Waals surface area contributed by atoms with E-state index in [9.17, 15) is 4.79 Å². The first-order valence-corrected chi connectivity index (χ1v) is 7.65. The minimum Gasteiger partial charge on any atom is -0.378 e. The third-order valence-electron chi connectivity index (χ3n) is 3.45. The van der Waals surface area contributed by atoms with Crippen LogP contribution in [-0.2, 0) is 15.1 Å². The fraction of sp³-hybridized carbons (Fsp3) is 0.533. The van der Waals surface area contributed by atoms with Crippen LogP contribution in [0.15, 0.2) is 28.7 Å². The first-order chi connectivity index (χ1) is 9.47. The highest BCUT2D eigenvalue weighted by Crippen LogP contribution is 2.22. The van der Waals surface area contributed by atoms with E-state index in [1.165, 1.54) is 0 Å². The Morgan fingerprint density at radius 1 is 1.45 bits per heavy atom. The van der Waals surface area contributed by atoms with Gasteiger partial charge in [-0.1, -0.05) is 28.1 Å². The fourth-order valence-electron chi connectivity index (χ4n) is 2.31. The van der Waals surface area contributed by atoms with Gasteiger partial charge in [0.2, 0.25) is 5.91 Å². The summed E-state index contributed by atoms with van der Waals surface area (Å²) in [4.78, 5) is 12.2. The maximum absolute atomic E-state index is 12.2. The summed E-state index contributed by atoms with van der Waals surface area (Å²) < 4.78 is 6.40. The maximum Gasteiger partial charge on any atom is 0.222 e. The first kappa shape index (κ1) is 15.5. The van der Waals surface area contributed by atoms with E-state index in [0.717, 1.165) is 23.2 Å². The molecule has 1 atom stereocenters. The van der Waals surface area contributed by atoms with Crippen molar-refractivity contribution in [1.82, 2.24) is 10.6 Å². The summed E-state index contributed by atoms with van der Waals surface area (Å²) >= 11 is 3.42. The van der Waals surface area contributed by atoms with E-state index < -0.39 is 0 Å². The second kappa shape index (κ2) is 6.70. The molecule has 2 rings (SSSR count). The molecule has 0 radical (unpaired) electrons. The molecule has 1 aliphatic rings. The largest absolute Gasteiger partial charge is 0.378 e. The minimum atomic E-state index is -0.382. The van der Waals surface area contributed by atoms with Crippen LogP contribution in [0.25, 0.3) is 0 Å². The lowest BCUT2D eigenvalue weighted by molar-refractivity contribution is -0.124. The second-order valence-corrected chi connectivity index (χ2v) is 6.53. The fourth-order valence-corrected chi connectivity index (χ4v) is 2.58. The molecule has 110 valence electrons. The molecule has 1 amide bonds. The van der Waals surface area contributed by atoms with Crippen LogP contribution in [0.5, 0.6) is 0 Å². The minimum absolute atomic E-state index is 0.0425. The van der Waals surface area contributed by atoms with Crippen LogP contribution in [0.3, 0.4) is 0 Å². The Kier molecular flexibility index (Phi) is 5.18. The molecule has 0 bridgehead atoms. The smallest absolute Gasteiger partial charge is 0.222 e. The molecule has 1 aromatic carbocycles. The SMILES string of the molecule is CC(C)(NC(=O)CC1COCCN1)c1ccc(Br)cc1. The number of carbonyl (C=O) groups is 1. The van der Waals surface area contributed by atoms with Gasteiger partial charge in [-0.15, -0.1) is 0 Å². The first-order valence-electron chi connectivity index (χ1n) is 6.85. The lowest BCUT2D eigenvalue weighted by Gasteiger charge is -2.29. The average molecular weight is 341 g/mol. The molecule has 1 fully saturated rings. The summed E-state index contributed by atoms with van der Waals surface area (Å²) in [6.07, 6.45) is 0.444. The number of morpholine rings is 1. The van der Waals surface area contributed by atoms with Crippen LogP contribution in [0.2, 0.25) is 0 Å². The predicted molar refractivity (Wildman–Crippen MR) is 82.5 cm³/mol. The van der Waals surface area contributed by atoms with Gasteiger partial charge in [-0.25, -0.2) is 0 Å². The third kappa shape index (κ3) is 4.30. The standard InChI is InChI=1S/C15H21BrN2O2/c1-15(2,11-3-5-12(16)6-4-11)18-14(19)9-13-10-20-8-7-17-13/h3-6,13,17H,7-10H2,1-2H3,(H,18,19). The van der Waals surface area contributed by atoms with Crippen molar-refractivity contribution in [3.63, 3.8) is 0 Å². The van der Waals surface area contributed by atoms with E-state index in [1.807, 2.05) is 38.1 Å². The van der Waals surface area contributed by atoms with Gasteiger partial charge in [0.05, 0.1) is 18.8 Å². The number of halogens is 1. The monoisotopic (exact) mass is 340 g/mol. The lowest BCUT2D eigenvalue weighted by Crippen LogP contribution is -2.47. The van der Waals surface area contributed by atoms with Gasteiger partial charge < -0.3 is 15.4 Å². The van der Waals surface area contributed by atoms with Crippen LogP contribution >= 0.6 is 15.9 Å². The van der Waals surface area contributed by atoms with Gasteiger partial charge in [-0.05, 0) is 31.5 Å². The molecule has 2 N–H and O–H groups in total. The van der Waals surface area contributed by atoms with Gasteiger partial charge in [-0.2, -0.15) is 0 Å². The summed E-state index contributed by atoms with van der Waals surface area (Å²) in [5.74, 6) is 0.0425. The summed E-state index contributed by atoms with van der Waals surface area (Å²) in [5.41, 5.74) is 0.703. The highest BCUT2D eigenvalue weighted by atomic mass is 79.9. The zero-order chi connectivity index (χ0) is 14.6. The van der Waals surface area contributed by atoms with Crippen molar-refractivity contribution >= 4 is 21.8 Å². The predicted octanol–water partition coefficient (Wildman–Crippen LogP) is 2.18. The molecule has 1 unspecified atom stereocenters. The summed E-state index contributed by atoms with van der Waals surface area (Å²) in [6, 6.07) is 8.13. The van der Waals surface area contributed by atoms with Crippen molar-refractivity contribution in [3.8, 4) is 0 Å². The van der Waals surface area contributed by atoms with Gasteiger partial charge in [0, 0.05) is 23.5 Å². The van der Waals surface area contributed by atoms with E-state index in [4.69, 9.17) is 4.74 Å². The molecule has 0 spiro atoms. The highest BCUT2D eigenvalue weighted by molar-refractivity contribution is 9.10. The topological polar surface area (TPSA) is 50.4 Å². The van der Waals surface area contributed by atoms with Crippen molar-refractivity contribution in [2.24, 2.45) is 0 Å². The number of hydrogen-bond acceptors (Lipinski definition) is 3. The zero-order valence-corrected chi connectivity index (χ0v) is 13.5. The van der Waals surface area contributed by atoms with Gasteiger partial charge in [0.25, 0.3) is 0 Å². The van der Waals surface area contributed by atoms with Crippen molar-refractivity contribution in [3.05, 3.63) is 34.3 Å². The lowest BCUT2D eigenvalue weighted by atomic mass is 9.94. The number of rotatable bonds is 4. The highest BCUT2D eigenvalue weighted by Gasteiger charge is 2.25.